The highest BCUT2D eigenvalue weighted by Crippen LogP contribution is 2.37. The number of ether oxygens (including phenoxy) is 2. The molecule has 5 nitrogen and oxygen atoms in total. The molecule has 0 unspecified atom stereocenters. The van der Waals surface area contributed by atoms with Gasteiger partial charge in [0.2, 0.25) is 0 Å². The first-order chi connectivity index (χ1) is 16.0. The molecule has 4 aromatic rings. The van der Waals surface area contributed by atoms with Crippen LogP contribution < -0.4 is 14.9 Å². The van der Waals surface area contributed by atoms with Crippen molar-refractivity contribution in [3.8, 4) is 11.5 Å². The second-order valence-corrected chi connectivity index (χ2v) is 9.27. The number of carbonyl (C=O) groups is 1. The topological polar surface area (TPSA) is 59.9 Å². The highest BCUT2D eigenvalue weighted by molar-refractivity contribution is 14.1. The maximum Gasteiger partial charge on any atom is 0.271 e. The van der Waals surface area contributed by atoms with Gasteiger partial charge in [-0.05, 0) is 90.8 Å². The molecule has 166 valence electrons. The number of nitrogens with zero attached hydrogens (tertiary/aromatic N) is 1. The van der Waals surface area contributed by atoms with Crippen molar-refractivity contribution in [3.63, 3.8) is 0 Å². The summed E-state index contributed by atoms with van der Waals surface area (Å²) in [6.07, 6.45) is 1.56. The van der Waals surface area contributed by atoms with Crippen molar-refractivity contribution in [1.29, 1.82) is 0 Å². The second kappa shape index (κ2) is 10.8. The van der Waals surface area contributed by atoms with E-state index in [0.29, 0.717) is 23.7 Å². The number of carbonyl (C=O) groups excluding carboxylic acids is 1. The van der Waals surface area contributed by atoms with E-state index in [2.05, 4.69) is 73.3 Å². The number of benzene rings is 4. The smallest absolute Gasteiger partial charge is 0.271 e. The van der Waals surface area contributed by atoms with E-state index in [1.165, 1.54) is 5.39 Å². The Morgan fingerprint density at radius 1 is 1.06 bits per heavy atom. The first-order valence-electron chi connectivity index (χ1n) is 10.1. The van der Waals surface area contributed by atoms with Gasteiger partial charge >= 0.3 is 0 Å². The number of rotatable bonds is 7. The zero-order valence-corrected chi connectivity index (χ0v) is 21.5. The number of hydrogen-bond acceptors (Lipinski definition) is 4. The minimum Gasteiger partial charge on any atom is -0.493 e. The van der Waals surface area contributed by atoms with Gasteiger partial charge in [-0.2, -0.15) is 5.10 Å². The fourth-order valence-electron chi connectivity index (χ4n) is 3.38. The maximum atomic E-state index is 12.3. The van der Waals surface area contributed by atoms with Crippen molar-refractivity contribution in [2.45, 2.75) is 6.61 Å². The van der Waals surface area contributed by atoms with Crippen LogP contribution in [0.4, 0.5) is 0 Å². The molecule has 0 fully saturated rings. The van der Waals surface area contributed by atoms with Crippen LogP contribution in [0.15, 0.2) is 88.4 Å². The van der Waals surface area contributed by atoms with E-state index in [-0.39, 0.29) is 5.91 Å². The molecule has 0 radical (unpaired) electrons. The minimum atomic E-state index is -0.272. The van der Waals surface area contributed by atoms with E-state index >= 15 is 0 Å². The van der Waals surface area contributed by atoms with Gasteiger partial charge in [-0.25, -0.2) is 5.43 Å². The Morgan fingerprint density at radius 3 is 2.67 bits per heavy atom. The average molecular weight is 615 g/mol. The number of hydrazone groups is 1. The molecule has 0 aliphatic carbocycles. The fourth-order valence-corrected chi connectivity index (χ4v) is 4.50. The predicted molar refractivity (Wildman–Crippen MR) is 143 cm³/mol. The lowest BCUT2D eigenvalue weighted by molar-refractivity contribution is 0.0955. The summed E-state index contributed by atoms with van der Waals surface area (Å²) in [7, 11) is 1.59. The second-order valence-electron chi connectivity index (χ2n) is 7.17. The Bertz CT molecular complexity index is 1340. The van der Waals surface area contributed by atoms with Crippen molar-refractivity contribution in [3.05, 3.63) is 104 Å². The number of amides is 1. The van der Waals surface area contributed by atoms with Crippen LogP contribution in [0.1, 0.15) is 21.5 Å². The Morgan fingerprint density at radius 2 is 1.85 bits per heavy atom. The van der Waals surface area contributed by atoms with Crippen LogP contribution >= 0.6 is 38.5 Å². The molecule has 7 heteroatoms. The first kappa shape index (κ1) is 23.3. The van der Waals surface area contributed by atoms with Crippen molar-refractivity contribution in [2.75, 3.05) is 7.11 Å². The van der Waals surface area contributed by atoms with Gasteiger partial charge in [0.15, 0.2) is 11.5 Å². The Hall–Kier alpha value is -2.91. The summed E-state index contributed by atoms with van der Waals surface area (Å²) in [5.41, 5.74) is 4.94. The van der Waals surface area contributed by atoms with Crippen molar-refractivity contribution >= 4 is 61.4 Å². The van der Waals surface area contributed by atoms with Gasteiger partial charge in [0.25, 0.3) is 5.91 Å². The predicted octanol–water partition coefficient (Wildman–Crippen LogP) is 6.56. The third kappa shape index (κ3) is 5.72. The molecule has 4 aromatic carbocycles. The van der Waals surface area contributed by atoms with Crippen LogP contribution in [-0.4, -0.2) is 19.2 Å². The third-order valence-corrected chi connectivity index (χ3v) is 6.23. The molecule has 0 spiro atoms. The van der Waals surface area contributed by atoms with Crippen molar-refractivity contribution in [2.24, 2.45) is 5.10 Å². The number of nitrogens with one attached hydrogen (secondary N) is 1. The standard InChI is InChI=1S/C26H20BrIN2O3/c1-32-24-13-17(15-29-30-26(31)19-8-5-10-21(28)14-19)12-23(27)25(24)33-16-20-9-4-7-18-6-2-3-11-22(18)20/h2-15H,16H2,1H3,(H,30,31)/b29-15-. The molecule has 0 aliphatic rings. The summed E-state index contributed by atoms with van der Waals surface area (Å²) in [5, 5.41) is 6.40. The van der Waals surface area contributed by atoms with E-state index < -0.39 is 0 Å². The van der Waals surface area contributed by atoms with Gasteiger partial charge in [-0.15, -0.1) is 0 Å². The van der Waals surface area contributed by atoms with E-state index in [1.807, 2.05) is 42.5 Å². The summed E-state index contributed by atoms with van der Waals surface area (Å²) in [5.74, 6) is 0.895. The molecule has 0 bridgehead atoms. The summed E-state index contributed by atoms with van der Waals surface area (Å²) in [4.78, 5) is 12.3. The minimum absolute atomic E-state index is 0.272. The molecule has 1 amide bonds. The van der Waals surface area contributed by atoms with E-state index in [0.717, 1.165) is 24.6 Å². The number of fused-ring (bicyclic) bond motifs is 1. The zero-order valence-electron chi connectivity index (χ0n) is 17.7. The van der Waals surface area contributed by atoms with Crippen LogP contribution in [0.3, 0.4) is 0 Å². The summed E-state index contributed by atoms with van der Waals surface area (Å²) in [6.45, 7) is 0.398. The molecule has 0 saturated carbocycles. The monoisotopic (exact) mass is 614 g/mol. The molecule has 0 aromatic heterocycles. The highest BCUT2D eigenvalue weighted by Gasteiger charge is 2.13. The van der Waals surface area contributed by atoms with Crippen LogP contribution in [0.5, 0.6) is 11.5 Å². The average Bonchev–Trinajstić information content (AvgIpc) is 2.83. The van der Waals surface area contributed by atoms with Crippen molar-refractivity contribution in [1.82, 2.24) is 5.43 Å². The molecule has 0 saturated heterocycles. The Labute approximate surface area is 214 Å². The molecular weight excluding hydrogens is 595 g/mol. The molecular formula is C26H20BrIN2O3. The van der Waals surface area contributed by atoms with Crippen LogP contribution in [0, 0.1) is 3.57 Å². The summed E-state index contributed by atoms with van der Waals surface area (Å²) >= 11 is 5.74. The van der Waals surface area contributed by atoms with E-state index in [9.17, 15) is 4.79 Å². The lowest BCUT2D eigenvalue weighted by Crippen LogP contribution is -2.17. The number of hydrogen-bond donors (Lipinski definition) is 1. The lowest BCUT2D eigenvalue weighted by atomic mass is 10.1. The van der Waals surface area contributed by atoms with Gasteiger partial charge < -0.3 is 9.47 Å². The Kier molecular flexibility index (Phi) is 7.61. The van der Waals surface area contributed by atoms with Gasteiger partial charge in [0.05, 0.1) is 17.8 Å². The first-order valence-corrected chi connectivity index (χ1v) is 12.0. The quantitative estimate of drug-likeness (QED) is 0.146. The van der Waals surface area contributed by atoms with Crippen molar-refractivity contribution < 1.29 is 14.3 Å². The number of methoxy groups -OCH3 is 1. The molecule has 4 rings (SSSR count). The largest absolute Gasteiger partial charge is 0.493 e. The number of halogens is 2. The van der Waals surface area contributed by atoms with E-state index in [4.69, 9.17) is 9.47 Å². The normalized spacial score (nSPS) is 11.0. The molecule has 0 aliphatic heterocycles. The molecule has 0 atom stereocenters. The fraction of sp³-hybridized carbons (Fsp3) is 0.0769. The SMILES string of the molecule is COc1cc(/C=N\NC(=O)c2cccc(I)c2)cc(Br)c1OCc1cccc2ccccc12. The highest BCUT2D eigenvalue weighted by atomic mass is 127. The maximum absolute atomic E-state index is 12.3. The lowest BCUT2D eigenvalue weighted by Gasteiger charge is -2.14. The van der Waals surface area contributed by atoms with Gasteiger partial charge in [-0.3, -0.25) is 4.79 Å². The summed E-state index contributed by atoms with van der Waals surface area (Å²) < 4.78 is 13.4. The molecule has 1 N–H and O–H groups in total. The van der Waals surface area contributed by atoms with Crippen LogP contribution in [0.2, 0.25) is 0 Å². The zero-order chi connectivity index (χ0) is 23.2. The molecule has 0 heterocycles. The van der Waals surface area contributed by atoms with Gasteiger partial charge in [0, 0.05) is 9.13 Å². The Balaban J connectivity index is 1.48. The van der Waals surface area contributed by atoms with Crippen LogP contribution in [-0.2, 0) is 6.61 Å². The van der Waals surface area contributed by atoms with E-state index in [1.54, 1.807) is 25.5 Å². The van der Waals surface area contributed by atoms with Gasteiger partial charge in [0.1, 0.15) is 6.61 Å². The van der Waals surface area contributed by atoms with Gasteiger partial charge in [-0.1, -0.05) is 48.5 Å². The third-order valence-electron chi connectivity index (χ3n) is 4.97. The summed E-state index contributed by atoms with van der Waals surface area (Å²) in [6, 6.07) is 25.4. The van der Waals surface area contributed by atoms with Crippen LogP contribution in [0.25, 0.3) is 10.8 Å². The molecule has 33 heavy (non-hydrogen) atoms.